The first kappa shape index (κ1) is 17.2. The van der Waals surface area contributed by atoms with Gasteiger partial charge in [-0.2, -0.15) is 0 Å². The number of hydrogen-bond donors (Lipinski definition) is 2. The number of nitrogens with zero attached hydrogens (tertiary/aromatic N) is 2. The van der Waals surface area contributed by atoms with Gasteiger partial charge in [0.1, 0.15) is 0 Å². The largest absolute Gasteiger partial charge is 0.325 e. The van der Waals surface area contributed by atoms with Crippen molar-refractivity contribution in [3.05, 3.63) is 60.2 Å². The number of amides is 1. The number of hydrogen-bond acceptors (Lipinski definition) is 4. The minimum absolute atomic E-state index is 0.0742. The number of aryl methyl sites for hydroxylation is 1. The summed E-state index contributed by atoms with van der Waals surface area (Å²) in [6.45, 7) is 3.97. The molecule has 0 aliphatic carbocycles. The van der Waals surface area contributed by atoms with Gasteiger partial charge >= 0.3 is 0 Å². The molecule has 128 valence electrons. The van der Waals surface area contributed by atoms with Crippen LogP contribution >= 0.6 is 11.8 Å². The van der Waals surface area contributed by atoms with Crippen LogP contribution in [0, 0.1) is 0 Å². The van der Waals surface area contributed by atoms with Gasteiger partial charge in [-0.15, -0.1) is 5.10 Å². The first-order valence-corrected chi connectivity index (χ1v) is 9.08. The quantitative estimate of drug-likeness (QED) is 0.654. The molecule has 5 nitrogen and oxygen atoms in total. The number of aromatic amines is 1. The van der Waals surface area contributed by atoms with E-state index in [1.54, 1.807) is 0 Å². The topological polar surface area (TPSA) is 70.7 Å². The molecular formula is C19H20N4OS. The number of carbonyl (C=O) groups excluding carboxylic acids is 1. The third-order valence-electron chi connectivity index (χ3n) is 3.79. The van der Waals surface area contributed by atoms with Gasteiger partial charge in [-0.05, 0) is 31.0 Å². The maximum atomic E-state index is 12.3. The number of rotatable bonds is 6. The number of nitrogens with one attached hydrogen (secondary N) is 2. The third kappa shape index (κ3) is 4.48. The standard InChI is InChI=1S/C19H20N4OS/c1-3-14-9-11-15(12-10-14)17-21-19(23-22-17)25-13(2)18(24)20-16-7-5-4-6-8-16/h4-13H,3H2,1-2H3,(H,20,24)(H,21,22,23). The number of benzene rings is 2. The molecule has 2 N–H and O–H groups in total. The Kier molecular flexibility index (Phi) is 5.50. The van der Waals surface area contributed by atoms with Gasteiger partial charge in [-0.3, -0.25) is 9.89 Å². The Balaban J connectivity index is 1.63. The van der Waals surface area contributed by atoms with Crippen molar-refractivity contribution in [3.63, 3.8) is 0 Å². The highest BCUT2D eigenvalue weighted by Crippen LogP contribution is 2.23. The van der Waals surface area contributed by atoms with Gasteiger partial charge in [-0.1, -0.05) is 61.2 Å². The summed E-state index contributed by atoms with van der Waals surface area (Å²) in [5.74, 6) is 0.635. The number of thioether (sulfide) groups is 1. The highest BCUT2D eigenvalue weighted by Gasteiger charge is 2.17. The maximum absolute atomic E-state index is 12.3. The zero-order chi connectivity index (χ0) is 17.6. The first-order chi connectivity index (χ1) is 12.2. The van der Waals surface area contributed by atoms with E-state index in [9.17, 15) is 4.79 Å². The van der Waals surface area contributed by atoms with Gasteiger partial charge < -0.3 is 5.32 Å². The zero-order valence-electron chi connectivity index (χ0n) is 14.2. The highest BCUT2D eigenvalue weighted by molar-refractivity contribution is 8.00. The Hall–Kier alpha value is -2.60. The Morgan fingerprint density at radius 1 is 1.16 bits per heavy atom. The SMILES string of the molecule is CCc1ccc(-c2nc(SC(C)C(=O)Nc3ccccc3)n[nH]2)cc1. The predicted molar refractivity (Wildman–Crippen MR) is 102 cm³/mol. The molecule has 25 heavy (non-hydrogen) atoms. The third-order valence-corrected chi connectivity index (χ3v) is 4.75. The summed E-state index contributed by atoms with van der Waals surface area (Å²) in [6.07, 6.45) is 1.01. The molecule has 6 heteroatoms. The molecule has 0 spiro atoms. The average molecular weight is 352 g/mol. The fourth-order valence-electron chi connectivity index (χ4n) is 2.30. The molecule has 1 atom stereocenters. The fraction of sp³-hybridized carbons (Fsp3) is 0.211. The maximum Gasteiger partial charge on any atom is 0.237 e. The summed E-state index contributed by atoms with van der Waals surface area (Å²) < 4.78 is 0. The number of H-pyrrole nitrogens is 1. The molecule has 0 saturated carbocycles. The van der Waals surface area contributed by atoms with E-state index in [1.807, 2.05) is 49.4 Å². The Labute approximate surface area is 151 Å². The molecule has 1 unspecified atom stereocenters. The van der Waals surface area contributed by atoms with E-state index >= 15 is 0 Å². The second-order valence-corrected chi connectivity index (χ2v) is 6.94. The van der Waals surface area contributed by atoms with Crippen molar-refractivity contribution >= 4 is 23.4 Å². The van der Waals surface area contributed by atoms with Gasteiger partial charge in [0, 0.05) is 11.3 Å². The monoisotopic (exact) mass is 352 g/mol. The zero-order valence-corrected chi connectivity index (χ0v) is 15.0. The minimum atomic E-state index is -0.300. The Morgan fingerprint density at radius 3 is 2.56 bits per heavy atom. The second kappa shape index (κ2) is 7.98. The predicted octanol–water partition coefficient (Wildman–Crippen LogP) is 4.15. The molecular weight excluding hydrogens is 332 g/mol. The molecule has 1 heterocycles. The van der Waals surface area contributed by atoms with Gasteiger partial charge in [-0.25, -0.2) is 4.98 Å². The van der Waals surface area contributed by atoms with Crippen LogP contribution in [-0.2, 0) is 11.2 Å². The van der Waals surface area contributed by atoms with Crippen molar-refractivity contribution in [2.75, 3.05) is 5.32 Å². The molecule has 3 rings (SSSR count). The van der Waals surface area contributed by atoms with Crippen molar-refractivity contribution < 1.29 is 4.79 Å². The second-order valence-electron chi connectivity index (χ2n) is 5.63. The molecule has 0 aliphatic rings. The van der Waals surface area contributed by atoms with Crippen molar-refractivity contribution in [3.8, 4) is 11.4 Å². The van der Waals surface area contributed by atoms with Gasteiger partial charge in [0.15, 0.2) is 5.82 Å². The van der Waals surface area contributed by atoms with E-state index in [0.717, 1.165) is 17.7 Å². The lowest BCUT2D eigenvalue weighted by molar-refractivity contribution is -0.115. The van der Waals surface area contributed by atoms with Crippen LogP contribution in [0.4, 0.5) is 5.69 Å². The minimum Gasteiger partial charge on any atom is -0.325 e. The highest BCUT2D eigenvalue weighted by atomic mass is 32.2. The summed E-state index contributed by atoms with van der Waals surface area (Å²) in [7, 11) is 0. The lowest BCUT2D eigenvalue weighted by atomic mass is 10.1. The molecule has 0 saturated heterocycles. The van der Waals surface area contributed by atoms with E-state index in [2.05, 4.69) is 39.6 Å². The van der Waals surface area contributed by atoms with Crippen LogP contribution in [0.3, 0.4) is 0 Å². The van der Waals surface area contributed by atoms with Gasteiger partial charge in [0.25, 0.3) is 0 Å². The Morgan fingerprint density at radius 2 is 1.88 bits per heavy atom. The molecule has 0 bridgehead atoms. The molecule has 2 aromatic carbocycles. The molecule has 3 aromatic rings. The van der Waals surface area contributed by atoms with Crippen LogP contribution in [0.25, 0.3) is 11.4 Å². The number of anilines is 1. The van der Waals surface area contributed by atoms with Gasteiger partial charge in [0.05, 0.1) is 5.25 Å². The molecule has 0 fully saturated rings. The fourth-order valence-corrected chi connectivity index (χ4v) is 3.03. The van der Waals surface area contributed by atoms with E-state index in [-0.39, 0.29) is 11.2 Å². The number of aromatic nitrogens is 3. The van der Waals surface area contributed by atoms with Crippen molar-refractivity contribution in [1.29, 1.82) is 0 Å². The van der Waals surface area contributed by atoms with Crippen LogP contribution in [0.15, 0.2) is 59.8 Å². The van der Waals surface area contributed by atoms with Crippen molar-refractivity contribution in [2.45, 2.75) is 30.7 Å². The van der Waals surface area contributed by atoms with Crippen LogP contribution < -0.4 is 5.32 Å². The lowest BCUT2D eigenvalue weighted by Crippen LogP contribution is -2.22. The van der Waals surface area contributed by atoms with Gasteiger partial charge in [0.2, 0.25) is 11.1 Å². The number of para-hydroxylation sites is 1. The normalized spacial score (nSPS) is 11.9. The van der Waals surface area contributed by atoms with Crippen LogP contribution in [0.2, 0.25) is 0 Å². The summed E-state index contributed by atoms with van der Waals surface area (Å²) in [5.41, 5.74) is 3.05. The molecule has 1 aromatic heterocycles. The number of carbonyl (C=O) groups is 1. The Bertz CT molecular complexity index is 830. The van der Waals surface area contributed by atoms with Crippen LogP contribution in [0.1, 0.15) is 19.4 Å². The summed E-state index contributed by atoms with van der Waals surface area (Å²) >= 11 is 1.33. The molecule has 0 radical (unpaired) electrons. The van der Waals surface area contributed by atoms with E-state index in [0.29, 0.717) is 11.0 Å². The van der Waals surface area contributed by atoms with Crippen molar-refractivity contribution in [1.82, 2.24) is 15.2 Å². The molecule has 1 amide bonds. The summed E-state index contributed by atoms with van der Waals surface area (Å²) in [6, 6.07) is 17.6. The van der Waals surface area contributed by atoms with Crippen LogP contribution in [0.5, 0.6) is 0 Å². The van der Waals surface area contributed by atoms with E-state index in [4.69, 9.17) is 0 Å². The molecule has 0 aliphatic heterocycles. The lowest BCUT2D eigenvalue weighted by Gasteiger charge is -2.09. The smallest absolute Gasteiger partial charge is 0.237 e. The van der Waals surface area contributed by atoms with Crippen LogP contribution in [-0.4, -0.2) is 26.3 Å². The first-order valence-electron chi connectivity index (χ1n) is 8.20. The van der Waals surface area contributed by atoms with E-state index < -0.39 is 0 Å². The van der Waals surface area contributed by atoms with Crippen molar-refractivity contribution in [2.24, 2.45) is 0 Å². The average Bonchev–Trinajstić information content (AvgIpc) is 3.11. The summed E-state index contributed by atoms with van der Waals surface area (Å²) in [5, 5.41) is 10.3. The summed E-state index contributed by atoms with van der Waals surface area (Å²) in [4.78, 5) is 16.7. The van der Waals surface area contributed by atoms with E-state index in [1.165, 1.54) is 17.3 Å².